The highest BCUT2D eigenvalue weighted by atomic mass is 32.1. The highest BCUT2D eigenvalue weighted by Crippen LogP contribution is 2.24. The van der Waals surface area contributed by atoms with Crippen LogP contribution in [0.5, 0.6) is 0 Å². The van der Waals surface area contributed by atoms with Crippen molar-refractivity contribution in [2.75, 3.05) is 26.2 Å². The zero-order chi connectivity index (χ0) is 18.5. The third-order valence-electron chi connectivity index (χ3n) is 4.84. The molecule has 138 valence electrons. The molecule has 1 fully saturated rings. The Morgan fingerprint density at radius 1 is 1.04 bits per heavy atom. The summed E-state index contributed by atoms with van der Waals surface area (Å²) in [6.45, 7) is 6.13. The van der Waals surface area contributed by atoms with Crippen molar-refractivity contribution in [3.8, 4) is 16.8 Å². The number of furan rings is 1. The number of thiazole rings is 1. The monoisotopic (exact) mass is 378 g/mol. The van der Waals surface area contributed by atoms with Crippen LogP contribution in [0.15, 0.2) is 52.5 Å². The second kappa shape index (κ2) is 8.49. The summed E-state index contributed by atoms with van der Waals surface area (Å²) in [6, 6.07) is 14.0. The molecule has 1 saturated heterocycles. The second-order valence-electron chi connectivity index (χ2n) is 6.84. The van der Waals surface area contributed by atoms with Gasteiger partial charge in [-0.25, -0.2) is 4.98 Å². The normalized spacial score (nSPS) is 16.1. The zero-order valence-electron chi connectivity index (χ0n) is 15.2. The van der Waals surface area contributed by atoms with Crippen LogP contribution in [-0.4, -0.2) is 41.0 Å². The fraction of sp³-hybridized carbons (Fsp3) is 0.333. The summed E-state index contributed by atoms with van der Waals surface area (Å²) in [7, 11) is 0. The van der Waals surface area contributed by atoms with E-state index < -0.39 is 0 Å². The highest BCUT2D eigenvalue weighted by molar-refractivity contribution is 7.13. The highest BCUT2D eigenvalue weighted by Gasteiger charge is 2.17. The van der Waals surface area contributed by atoms with E-state index in [9.17, 15) is 0 Å². The van der Waals surface area contributed by atoms with Gasteiger partial charge in [0, 0.05) is 31.6 Å². The van der Waals surface area contributed by atoms with Crippen LogP contribution in [0.1, 0.15) is 23.2 Å². The molecule has 3 aromatic rings. The quantitative estimate of drug-likeness (QED) is 0.672. The largest absolute Gasteiger partial charge is 0.462 e. The minimum atomic E-state index is 0.720. The first-order valence-electron chi connectivity index (χ1n) is 9.22. The van der Waals surface area contributed by atoms with Gasteiger partial charge in [0.15, 0.2) is 10.8 Å². The van der Waals surface area contributed by atoms with Crippen LogP contribution in [0.25, 0.3) is 10.8 Å². The molecule has 0 aliphatic carbocycles. The van der Waals surface area contributed by atoms with Gasteiger partial charge in [-0.05, 0) is 49.3 Å². The van der Waals surface area contributed by atoms with E-state index in [2.05, 4.69) is 33.4 Å². The molecule has 0 radical (unpaired) electrons. The molecular formula is C21H22N4OS. The van der Waals surface area contributed by atoms with Crippen LogP contribution >= 0.6 is 11.3 Å². The number of hydrogen-bond donors (Lipinski definition) is 0. The zero-order valence-corrected chi connectivity index (χ0v) is 16.0. The predicted molar refractivity (Wildman–Crippen MR) is 106 cm³/mol. The molecule has 5 nitrogen and oxygen atoms in total. The van der Waals surface area contributed by atoms with E-state index in [0.717, 1.165) is 67.7 Å². The van der Waals surface area contributed by atoms with Gasteiger partial charge in [0.1, 0.15) is 0 Å². The first-order chi connectivity index (χ1) is 13.3. The molecule has 0 unspecified atom stereocenters. The van der Waals surface area contributed by atoms with Crippen molar-refractivity contribution in [2.24, 2.45) is 0 Å². The Morgan fingerprint density at radius 3 is 2.52 bits per heavy atom. The van der Waals surface area contributed by atoms with Gasteiger partial charge >= 0.3 is 0 Å². The number of nitrogens with zero attached hydrogens (tertiary/aromatic N) is 4. The molecule has 0 atom stereocenters. The molecule has 1 aliphatic rings. The maximum absolute atomic E-state index is 8.92. The number of aromatic nitrogens is 1. The van der Waals surface area contributed by atoms with Gasteiger partial charge in [-0.3, -0.25) is 9.80 Å². The fourth-order valence-corrected chi connectivity index (χ4v) is 4.18. The Labute approximate surface area is 163 Å². The summed E-state index contributed by atoms with van der Waals surface area (Å²) in [4.78, 5) is 9.71. The van der Waals surface area contributed by atoms with E-state index in [-0.39, 0.29) is 0 Å². The number of hydrogen-bond acceptors (Lipinski definition) is 6. The summed E-state index contributed by atoms with van der Waals surface area (Å²) in [5.41, 5.74) is 3.11. The van der Waals surface area contributed by atoms with Gasteiger partial charge in [-0.1, -0.05) is 12.1 Å². The second-order valence-corrected chi connectivity index (χ2v) is 7.69. The molecule has 0 amide bonds. The van der Waals surface area contributed by atoms with E-state index in [1.54, 1.807) is 17.6 Å². The number of rotatable bonds is 5. The van der Waals surface area contributed by atoms with E-state index >= 15 is 0 Å². The molecule has 1 aromatic carbocycles. The average molecular weight is 379 g/mol. The number of benzene rings is 1. The molecule has 0 bridgehead atoms. The van der Waals surface area contributed by atoms with Crippen LogP contribution in [0, 0.1) is 11.3 Å². The minimum absolute atomic E-state index is 0.720. The summed E-state index contributed by atoms with van der Waals surface area (Å²) >= 11 is 1.64. The summed E-state index contributed by atoms with van der Waals surface area (Å²) in [5.74, 6) is 0.843. The molecule has 4 rings (SSSR count). The lowest BCUT2D eigenvalue weighted by atomic mass is 10.1. The first kappa shape index (κ1) is 17.9. The van der Waals surface area contributed by atoms with Gasteiger partial charge in [0.25, 0.3) is 0 Å². The smallest absolute Gasteiger partial charge is 0.162 e. The molecule has 27 heavy (non-hydrogen) atoms. The van der Waals surface area contributed by atoms with Crippen LogP contribution in [0.2, 0.25) is 0 Å². The predicted octanol–water partition coefficient (Wildman–Crippen LogP) is 3.98. The van der Waals surface area contributed by atoms with Gasteiger partial charge < -0.3 is 4.42 Å². The molecular weight excluding hydrogens is 356 g/mol. The third-order valence-corrected chi connectivity index (χ3v) is 5.75. The Morgan fingerprint density at radius 2 is 1.81 bits per heavy atom. The standard InChI is InChI=1S/C21H22N4OS/c22-13-17-4-6-18(7-5-17)14-24-8-2-9-25(11-10-24)15-19-16-27-21(23-19)20-3-1-12-26-20/h1,3-7,12,16H,2,8-11,14-15H2. The van der Waals surface area contributed by atoms with E-state index in [4.69, 9.17) is 14.7 Å². The van der Waals surface area contributed by atoms with Gasteiger partial charge in [-0.15, -0.1) is 11.3 Å². The average Bonchev–Trinajstić information content (AvgIpc) is 3.33. The Bertz CT molecular complexity index is 895. The van der Waals surface area contributed by atoms with Crippen molar-refractivity contribution < 1.29 is 4.42 Å². The van der Waals surface area contributed by atoms with Crippen LogP contribution in [-0.2, 0) is 13.1 Å². The summed E-state index contributed by atoms with van der Waals surface area (Å²) < 4.78 is 5.44. The molecule has 1 aliphatic heterocycles. The van der Waals surface area contributed by atoms with Crippen molar-refractivity contribution in [1.29, 1.82) is 5.26 Å². The lowest BCUT2D eigenvalue weighted by molar-refractivity contribution is 0.246. The van der Waals surface area contributed by atoms with Gasteiger partial charge in [0.05, 0.1) is 23.6 Å². The molecule has 0 N–H and O–H groups in total. The van der Waals surface area contributed by atoms with Gasteiger partial charge in [-0.2, -0.15) is 5.26 Å². The maximum Gasteiger partial charge on any atom is 0.162 e. The fourth-order valence-electron chi connectivity index (χ4n) is 3.41. The Balaban J connectivity index is 1.31. The van der Waals surface area contributed by atoms with E-state index in [0.29, 0.717) is 0 Å². The molecule has 2 aromatic heterocycles. The van der Waals surface area contributed by atoms with Crippen LogP contribution in [0.3, 0.4) is 0 Å². The van der Waals surface area contributed by atoms with Crippen LogP contribution in [0.4, 0.5) is 0 Å². The first-order valence-corrected chi connectivity index (χ1v) is 10.1. The minimum Gasteiger partial charge on any atom is -0.462 e. The van der Waals surface area contributed by atoms with Crippen molar-refractivity contribution in [3.63, 3.8) is 0 Å². The molecule has 0 spiro atoms. The van der Waals surface area contributed by atoms with Crippen molar-refractivity contribution in [3.05, 3.63) is 64.9 Å². The molecule has 0 saturated carbocycles. The summed E-state index contributed by atoms with van der Waals surface area (Å²) in [5, 5.41) is 12.0. The van der Waals surface area contributed by atoms with E-state index in [1.165, 1.54) is 5.56 Å². The van der Waals surface area contributed by atoms with Crippen LogP contribution < -0.4 is 0 Å². The van der Waals surface area contributed by atoms with Crippen molar-refractivity contribution in [2.45, 2.75) is 19.5 Å². The Hall–Kier alpha value is -2.46. The third kappa shape index (κ3) is 4.64. The molecule has 3 heterocycles. The Kier molecular flexibility index (Phi) is 5.64. The lowest BCUT2D eigenvalue weighted by Gasteiger charge is -2.21. The topological polar surface area (TPSA) is 56.3 Å². The maximum atomic E-state index is 8.92. The lowest BCUT2D eigenvalue weighted by Crippen LogP contribution is -2.30. The van der Waals surface area contributed by atoms with Crippen molar-refractivity contribution in [1.82, 2.24) is 14.8 Å². The molecule has 6 heteroatoms. The van der Waals surface area contributed by atoms with Crippen molar-refractivity contribution >= 4 is 11.3 Å². The number of nitriles is 1. The van der Waals surface area contributed by atoms with E-state index in [1.807, 2.05) is 24.3 Å². The SMILES string of the molecule is N#Cc1ccc(CN2CCCN(Cc3csc(-c4ccco4)n3)CC2)cc1. The summed E-state index contributed by atoms with van der Waals surface area (Å²) in [6.07, 6.45) is 2.85. The van der Waals surface area contributed by atoms with Gasteiger partial charge in [0.2, 0.25) is 0 Å².